The second kappa shape index (κ2) is 15.3. The van der Waals surface area contributed by atoms with Crippen LogP contribution in [0.4, 0.5) is 8.78 Å². The van der Waals surface area contributed by atoms with Gasteiger partial charge in [0.2, 0.25) is 0 Å². The van der Waals surface area contributed by atoms with Crippen molar-refractivity contribution in [3.8, 4) is 11.5 Å². The molecule has 6 aromatic carbocycles. The van der Waals surface area contributed by atoms with E-state index in [1.807, 2.05) is 83.9 Å². The van der Waals surface area contributed by atoms with Crippen molar-refractivity contribution in [2.24, 2.45) is 0 Å². The predicted octanol–water partition coefficient (Wildman–Crippen LogP) is 10.3. The lowest BCUT2D eigenvalue weighted by Crippen LogP contribution is -2.15. The summed E-state index contributed by atoms with van der Waals surface area (Å²) in [5.41, 5.74) is 9.49. The van der Waals surface area contributed by atoms with E-state index in [1.54, 1.807) is 24.3 Å². The third-order valence-corrected chi connectivity index (χ3v) is 11.1. The van der Waals surface area contributed by atoms with Crippen LogP contribution in [0.15, 0.2) is 146 Å². The highest BCUT2D eigenvalue weighted by atomic mass is 31.2. The van der Waals surface area contributed by atoms with E-state index in [2.05, 4.69) is 57.0 Å². The normalized spacial score (nSPS) is 13.8. The molecule has 2 aromatic heterocycles. The number of fused-ring (bicyclic) bond motifs is 2. The summed E-state index contributed by atoms with van der Waals surface area (Å²) in [6, 6.07) is 44.8. The third-order valence-electron chi connectivity index (χ3n) is 9.64. The Labute approximate surface area is 316 Å². The average molecular weight is 755 g/mol. The van der Waals surface area contributed by atoms with Gasteiger partial charge < -0.3 is 9.05 Å². The van der Waals surface area contributed by atoms with Crippen LogP contribution in [-0.4, -0.2) is 36.2 Å². The Morgan fingerprint density at radius 2 is 1.05 bits per heavy atom. The zero-order valence-corrected chi connectivity index (χ0v) is 31.0. The van der Waals surface area contributed by atoms with Crippen molar-refractivity contribution in [2.45, 2.75) is 44.9 Å². The van der Waals surface area contributed by atoms with Crippen LogP contribution in [-0.2, 0) is 17.4 Å². The summed E-state index contributed by atoms with van der Waals surface area (Å²) in [6.07, 6.45) is -2.32. The van der Waals surface area contributed by atoms with Gasteiger partial charge >= 0.3 is 13.8 Å². The molecule has 0 saturated heterocycles. The average Bonchev–Trinajstić information content (AvgIpc) is 3.83. The lowest BCUT2D eigenvalue weighted by atomic mass is 9.97. The molecular weight excluding hydrogens is 717 g/mol. The molecule has 0 aliphatic heterocycles. The maximum absolute atomic E-state index is 14.4. The molecular formula is C43H37F2N6O3P. The first-order chi connectivity index (χ1) is 26.7. The molecule has 0 radical (unpaired) electrons. The van der Waals surface area contributed by atoms with Crippen molar-refractivity contribution in [3.05, 3.63) is 179 Å². The molecule has 0 aliphatic rings. The number of hydrogen-bond acceptors (Lipinski definition) is 7. The van der Waals surface area contributed by atoms with Crippen LogP contribution in [0.25, 0.3) is 22.1 Å². The van der Waals surface area contributed by atoms with Crippen molar-refractivity contribution in [3.63, 3.8) is 0 Å². The predicted molar refractivity (Wildman–Crippen MR) is 209 cm³/mol. The quantitative estimate of drug-likeness (QED) is 0.108. The van der Waals surface area contributed by atoms with Crippen LogP contribution in [0.5, 0.6) is 11.5 Å². The molecule has 2 heterocycles. The van der Waals surface area contributed by atoms with E-state index in [1.165, 1.54) is 24.3 Å². The number of hydrogen-bond donors (Lipinski definition) is 0. The fourth-order valence-corrected chi connectivity index (χ4v) is 7.83. The second-order valence-corrected chi connectivity index (χ2v) is 15.4. The van der Waals surface area contributed by atoms with Gasteiger partial charge in [0.1, 0.15) is 22.5 Å². The Morgan fingerprint density at radius 1 is 0.564 bits per heavy atom. The van der Waals surface area contributed by atoms with Crippen LogP contribution in [0, 0.1) is 13.8 Å². The highest BCUT2D eigenvalue weighted by Crippen LogP contribution is 2.54. The van der Waals surface area contributed by atoms with Gasteiger partial charge in [-0.15, -0.1) is 10.2 Å². The highest BCUT2D eigenvalue weighted by Gasteiger charge is 2.40. The molecule has 8 aromatic rings. The fourth-order valence-electron chi connectivity index (χ4n) is 6.80. The summed E-state index contributed by atoms with van der Waals surface area (Å²) < 4.78 is 57.1. The molecule has 276 valence electrons. The van der Waals surface area contributed by atoms with E-state index in [0.717, 1.165) is 55.4 Å². The maximum atomic E-state index is 14.4. The maximum Gasteiger partial charge on any atom is 0.497 e. The second-order valence-electron chi connectivity index (χ2n) is 13.6. The first-order valence-electron chi connectivity index (χ1n) is 17.9. The van der Waals surface area contributed by atoms with E-state index < -0.39 is 13.8 Å². The van der Waals surface area contributed by atoms with Gasteiger partial charge in [-0.05, 0) is 97.5 Å². The van der Waals surface area contributed by atoms with Gasteiger partial charge in [0.25, 0.3) is 0 Å². The molecule has 0 fully saturated rings. The lowest BCUT2D eigenvalue weighted by molar-refractivity contribution is 0.191. The summed E-state index contributed by atoms with van der Waals surface area (Å²) >= 11 is 0. The van der Waals surface area contributed by atoms with Crippen LogP contribution in [0.1, 0.15) is 45.5 Å². The first-order valence-corrected chi connectivity index (χ1v) is 19.5. The zero-order chi connectivity index (χ0) is 37.9. The van der Waals surface area contributed by atoms with Crippen LogP contribution < -0.4 is 9.05 Å². The first kappa shape index (κ1) is 35.8. The number of aromatic nitrogens is 6. The standard InChI is InChI=1S/C43H37F2N6O3P/c1-29-14-20-33(21-15-29)41(50-39-12-5-3-10-37(39)46-48-50)27-31-16-22-35(23-17-31)53-55(52,43(44)45)54-36-24-18-32(19-25-36)28-42(34-9-7-8-30(2)26-34)51-40-13-6-4-11-38(40)47-49-51/h3-26,41-43H,27-28H2,1-2H3. The van der Waals surface area contributed by atoms with Crippen molar-refractivity contribution >= 4 is 29.7 Å². The molecule has 0 N–H and O–H groups in total. The minimum Gasteiger partial charge on any atom is -0.412 e. The number of aryl methyl sites for hydroxylation is 2. The Kier molecular flexibility index (Phi) is 9.95. The number of nitrogens with zero attached hydrogens (tertiary/aromatic N) is 6. The molecule has 3 atom stereocenters. The molecule has 0 aliphatic carbocycles. The number of halogens is 2. The van der Waals surface area contributed by atoms with Gasteiger partial charge in [-0.25, -0.2) is 13.9 Å². The van der Waals surface area contributed by atoms with E-state index in [-0.39, 0.29) is 23.6 Å². The Hall–Kier alpha value is -6.19. The summed E-state index contributed by atoms with van der Waals surface area (Å²) in [7, 11) is -4.94. The monoisotopic (exact) mass is 754 g/mol. The summed E-state index contributed by atoms with van der Waals surface area (Å²) in [5.74, 6) is 0.00598. The van der Waals surface area contributed by atoms with Crippen LogP contribution in [0.2, 0.25) is 0 Å². The van der Waals surface area contributed by atoms with Gasteiger partial charge in [0.05, 0.1) is 23.1 Å². The zero-order valence-electron chi connectivity index (χ0n) is 30.1. The van der Waals surface area contributed by atoms with Crippen molar-refractivity contribution in [2.75, 3.05) is 0 Å². The highest BCUT2D eigenvalue weighted by molar-refractivity contribution is 7.55. The van der Waals surface area contributed by atoms with Gasteiger partial charge in [-0.2, -0.15) is 8.78 Å². The van der Waals surface area contributed by atoms with E-state index in [0.29, 0.717) is 12.8 Å². The fraction of sp³-hybridized carbons (Fsp3) is 0.163. The molecule has 8 rings (SSSR count). The summed E-state index contributed by atoms with van der Waals surface area (Å²) in [6.45, 7) is 4.07. The van der Waals surface area contributed by atoms with Crippen molar-refractivity contribution in [1.82, 2.24) is 30.0 Å². The van der Waals surface area contributed by atoms with Crippen LogP contribution in [0.3, 0.4) is 0 Å². The topological polar surface area (TPSA) is 97.0 Å². The molecule has 0 saturated carbocycles. The number of para-hydroxylation sites is 2. The molecule has 0 amide bonds. The van der Waals surface area contributed by atoms with E-state index in [9.17, 15) is 13.3 Å². The SMILES string of the molecule is Cc1ccc(C(Cc2ccc(OP(=O)(Oc3ccc(CC(c4cccc(C)c4)n4nnc5ccccc54)cc3)C(F)F)cc2)n2nnc3ccccc32)cc1. The van der Waals surface area contributed by atoms with E-state index >= 15 is 0 Å². The number of benzene rings is 6. The Morgan fingerprint density at radius 3 is 1.55 bits per heavy atom. The minimum absolute atomic E-state index is 0.00292. The van der Waals surface area contributed by atoms with Gasteiger partial charge in [-0.1, -0.05) is 119 Å². The smallest absolute Gasteiger partial charge is 0.412 e. The molecule has 3 unspecified atom stereocenters. The van der Waals surface area contributed by atoms with Crippen LogP contribution >= 0.6 is 7.60 Å². The molecule has 12 heteroatoms. The number of rotatable bonds is 13. The summed E-state index contributed by atoms with van der Waals surface area (Å²) in [4.78, 5) is 0. The Balaban J connectivity index is 0.989. The van der Waals surface area contributed by atoms with Gasteiger partial charge in [0, 0.05) is 0 Å². The third kappa shape index (κ3) is 7.75. The molecule has 0 bridgehead atoms. The molecule has 0 spiro atoms. The molecule has 55 heavy (non-hydrogen) atoms. The molecule has 9 nitrogen and oxygen atoms in total. The van der Waals surface area contributed by atoms with Crippen molar-refractivity contribution in [1.29, 1.82) is 0 Å². The number of alkyl halides is 2. The largest absolute Gasteiger partial charge is 0.497 e. The summed E-state index contributed by atoms with van der Waals surface area (Å²) in [5, 5.41) is 17.7. The lowest BCUT2D eigenvalue weighted by Gasteiger charge is -2.21. The van der Waals surface area contributed by atoms with E-state index in [4.69, 9.17) is 9.05 Å². The van der Waals surface area contributed by atoms with Gasteiger partial charge in [-0.3, -0.25) is 0 Å². The Bertz CT molecular complexity index is 2610. The van der Waals surface area contributed by atoms with Gasteiger partial charge in [0.15, 0.2) is 0 Å². The van der Waals surface area contributed by atoms with Crippen molar-refractivity contribution < 1.29 is 22.4 Å². The minimum atomic E-state index is -4.94.